The number of rotatable bonds is 2. The molecule has 4 rings (SSSR count). The van der Waals surface area contributed by atoms with E-state index < -0.39 is 0 Å². The van der Waals surface area contributed by atoms with Gasteiger partial charge >= 0.3 is 0 Å². The van der Waals surface area contributed by atoms with Gasteiger partial charge in [-0.2, -0.15) is 0 Å². The van der Waals surface area contributed by atoms with E-state index in [0.29, 0.717) is 0 Å². The van der Waals surface area contributed by atoms with Gasteiger partial charge in [0.2, 0.25) is 0 Å². The van der Waals surface area contributed by atoms with Gasteiger partial charge in [0.15, 0.2) is 0 Å². The molecule has 0 bridgehead atoms. The van der Waals surface area contributed by atoms with Crippen LogP contribution in [0.25, 0.3) is 22.2 Å². The predicted molar refractivity (Wildman–Crippen MR) is 102 cm³/mol. The Morgan fingerprint density at radius 2 is 1.71 bits per heavy atom. The van der Waals surface area contributed by atoms with E-state index in [9.17, 15) is 0 Å². The summed E-state index contributed by atoms with van der Waals surface area (Å²) in [6, 6.07) is 17.3. The zero-order valence-corrected chi connectivity index (χ0v) is 14.3. The normalized spacial score (nSPS) is 15.0. The molecule has 3 heteroatoms. The first-order chi connectivity index (χ1) is 11.7. The lowest BCUT2D eigenvalue weighted by Gasteiger charge is -2.31. The van der Waals surface area contributed by atoms with Gasteiger partial charge in [-0.3, -0.25) is 0 Å². The summed E-state index contributed by atoms with van der Waals surface area (Å²) in [4.78, 5) is 7.49. The summed E-state index contributed by atoms with van der Waals surface area (Å²) in [6.07, 6.45) is 0. The van der Waals surface area contributed by atoms with Crippen LogP contribution in [-0.2, 0) is 0 Å². The molecule has 1 fully saturated rings. The summed E-state index contributed by atoms with van der Waals surface area (Å²) >= 11 is 0. The van der Waals surface area contributed by atoms with Crippen molar-refractivity contribution in [2.75, 3.05) is 31.1 Å². The molecule has 0 saturated carbocycles. The fraction of sp³-hybridized carbons (Fsp3) is 0.286. The predicted octanol–water partition coefficient (Wildman–Crippen LogP) is 3.93. The summed E-state index contributed by atoms with van der Waals surface area (Å²) < 4.78 is 0. The van der Waals surface area contributed by atoms with Crippen LogP contribution in [0.1, 0.15) is 11.1 Å². The Hall–Kier alpha value is -2.39. The number of aromatic nitrogens is 1. The van der Waals surface area contributed by atoms with Gasteiger partial charge in [-0.15, -0.1) is 0 Å². The average molecular weight is 317 g/mol. The highest BCUT2D eigenvalue weighted by Crippen LogP contribution is 2.33. The first-order valence-corrected chi connectivity index (χ1v) is 8.65. The van der Waals surface area contributed by atoms with Gasteiger partial charge < -0.3 is 10.2 Å². The van der Waals surface area contributed by atoms with Gasteiger partial charge in [0.05, 0.1) is 11.2 Å². The van der Waals surface area contributed by atoms with Crippen LogP contribution >= 0.6 is 0 Å². The van der Waals surface area contributed by atoms with Crippen LogP contribution < -0.4 is 10.2 Å². The lowest BCUT2D eigenvalue weighted by molar-refractivity contribution is 0.590. The van der Waals surface area contributed by atoms with E-state index >= 15 is 0 Å². The maximum atomic E-state index is 5.00. The summed E-state index contributed by atoms with van der Waals surface area (Å²) in [6.45, 7) is 8.49. The number of benzene rings is 2. The number of piperazine rings is 1. The highest BCUT2D eigenvalue weighted by atomic mass is 15.2. The van der Waals surface area contributed by atoms with Crippen molar-refractivity contribution in [2.45, 2.75) is 13.8 Å². The van der Waals surface area contributed by atoms with Crippen molar-refractivity contribution in [1.82, 2.24) is 10.3 Å². The summed E-state index contributed by atoms with van der Waals surface area (Å²) in [5, 5.41) is 4.72. The van der Waals surface area contributed by atoms with E-state index in [1.54, 1.807) is 0 Å². The molecule has 1 aliphatic heterocycles. The van der Waals surface area contributed by atoms with Crippen LogP contribution in [-0.4, -0.2) is 31.2 Å². The number of aryl methyl sites for hydroxylation is 2. The van der Waals surface area contributed by atoms with E-state index in [1.165, 1.54) is 27.8 Å². The first kappa shape index (κ1) is 15.2. The van der Waals surface area contributed by atoms with Gasteiger partial charge in [-0.25, -0.2) is 4.98 Å². The second-order valence-corrected chi connectivity index (χ2v) is 6.61. The monoisotopic (exact) mass is 317 g/mol. The minimum atomic E-state index is 1.04. The molecule has 0 radical (unpaired) electrons. The second kappa shape index (κ2) is 6.25. The van der Waals surface area contributed by atoms with Crippen molar-refractivity contribution in [3.8, 4) is 11.3 Å². The third-order valence-corrected chi connectivity index (χ3v) is 4.75. The largest absolute Gasteiger partial charge is 0.368 e. The number of hydrogen-bond acceptors (Lipinski definition) is 3. The van der Waals surface area contributed by atoms with E-state index in [4.69, 9.17) is 4.98 Å². The average Bonchev–Trinajstić information content (AvgIpc) is 2.62. The van der Waals surface area contributed by atoms with Crippen LogP contribution in [0.2, 0.25) is 0 Å². The number of anilines is 1. The minimum absolute atomic E-state index is 1.04. The quantitative estimate of drug-likeness (QED) is 0.776. The van der Waals surface area contributed by atoms with Crippen LogP contribution in [0.15, 0.2) is 48.5 Å². The summed E-state index contributed by atoms with van der Waals surface area (Å²) in [5.74, 6) is 0. The lowest BCUT2D eigenvalue weighted by atomic mass is 10.0. The Morgan fingerprint density at radius 1 is 0.958 bits per heavy atom. The number of pyridine rings is 1. The molecule has 0 amide bonds. The zero-order chi connectivity index (χ0) is 16.5. The Morgan fingerprint density at radius 3 is 2.46 bits per heavy atom. The maximum absolute atomic E-state index is 5.00. The highest BCUT2D eigenvalue weighted by Gasteiger charge is 2.17. The molecule has 0 unspecified atom stereocenters. The van der Waals surface area contributed by atoms with E-state index in [1.807, 2.05) is 0 Å². The Labute approximate surface area is 143 Å². The standard InChI is InChI=1S/C21H23N3/c1-15-12-16(2)21-18(13-15)20(24-10-8-22-9-11-24)14-19(23-21)17-6-4-3-5-7-17/h3-7,12-14,22H,8-11H2,1-2H3. The SMILES string of the molecule is Cc1cc(C)c2nc(-c3ccccc3)cc(N3CCNCC3)c2c1. The third-order valence-electron chi connectivity index (χ3n) is 4.75. The van der Waals surface area contributed by atoms with Gasteiger partial charge in [0.1, 0.15) is 0 Å². The van der Waals surface area contributed by atoms with Crippen molar-refractivity contribution in [3.63, 3.8) is 0 Å². The molecule has 24 heavy (non-hydrogen) atoms. The number of nitrogens with one attached hydrogen (secondary N) is 1. The third kappa shape index (κ3) is 2.76. The smallest absolute Gasteiger partial charge is 0.0759 e. The molecule has 122 valence electrons. The second-order valence-electron chi connectivity index (χ2n) is 6.61. The molecule has 1 N–H and O–H groups in total. The summed E-state index contributed by atoms with van der Waals surface area (Å²) in [7, 11) is 0. The fourth-order valence-electron chi connectivity index (χ4n) is 3.59. The molecule has 2 aromatic carbocycles. The van der Waals surface area contributed by atoms with Crippen molar-refractivity contribution in [2.24, 2.45) is 0 Å². The molecule has 1 saturated heterocycles. The Balaban J connectivity index is 1.96. The number of nitrogens with zero attached hydrogens (tertiary/aromatic N) is 2. The molecule has 2 heterocycles. The van der Waals surface area contributed by atoms with Crippen LogP contribution in [0, 0.1) is 13.8 Å². The molecule has 0 aliphatic carbocycles. The first-order valence-electron chi connectivity index (χ1n) is 8.65. The molecule has 1 aromatic heterocycles. The van der Waals surface area contributed by atoms with Crippen molar-refractivity contribution < 1.29 is 0 Å². The van der Waals surface area contributed by atoms with Gasteiger partial charge in [0, 0.05) is 42.8 Å². The highest BCUT2D eigenvalue weighted by molar-refractivity contribution is 5.96. The van der Waals surface area contributed by atoms with Crippen molar-refractivity contribution >= 4 is 16.6 Å². The molecule has 3 aromatic rings. The molecule has 0 spiro atoms. The maximum Gasteiger partial charge on any atom is 0.0759 e. The lowest BCUT2D eigenvalue weighted by Crippen LogP contribution is -2.43. The molecule has 0 atom stereocenters. The number of fused-ring (bicyclic) bond motifs is 1. The molecule has 3 nitrogen and oxygen atoms in total. The molecule has 1 aliphatic rings. The fourth-order valence-corrected chi connectivity index (χ4v) is 3.59. The van der Waals surface area contributed by atoms with E-state index in [-0.39, 0.29) is 0 Å². The Bertz CT molecular complexity index is 865. The molecular formula is C21H23N3. The topological polar surface area (TPSA) is 28.2 Å². The van der Waals surface area contributed by atoms with Crippen LogP contribution in [0.4, 0.5) is 5.69 Å². The zero-order valence-electron chi connectivity index (χ0n) is 14.3. The summed E-state index contributed by atoms with van der Waals surface area (Å²) in [5.41, 5.74) is 7.21. The molecular weight excluding hydrogens is 294 g/mol. The minimum Gasteiger partial charge on any atom is -0.368 e. The van der Waals surface area contributed by atoms with Crippen molar-refractivity contribution in [3.05, 3.63) is 59.7 Å². The van der Waals surface area contributed by atoms with Crippen molar-refractivity contribution in [1.29, 1.82) is 0 Å². The van der Waals surface area contributed by atoms with Crippen LogP contribution in [0.5, 0.6) is 0 Å². The van der Waals surface area contributed by atoms with Crippen LogP contribution in [0.3, 0.4) is 0 Å². The van der Waals surface area contributed by atoms with Gasteiger partial charge in [-0.1, -0.05) is 42.0 Å². The number of hydrogen-bond donors (Lipinski definition) is 1. The van der Waals surface area contributed by atoms with Gasteiger partial charge in [-0.05, 0) is 31.5 Å². The van der Waals surface area contributed by atoms with E-state index in [0.717, 1.165) is 37.4 Å². The van der Waals surface area contributed by atoms with E-state index in [2.05, 4.69) is 72.6 Å². The Kier molecular flexibility index (Phi) is 3.95. The van der Waals surface area contributed by atoms with Gasteiger partial charge in [0.25, 0.3) is 0 Å².